The van der Waals surface area contributed by atoms with Crippen molar-refractivity contribution in [2.24, 2.45) is 11.8 Å². The van der Waals surface area contributed by atoms with Gasteiger partial charge in [-0.15, -0.1) is 0 Å². The molecule has 1 nitrogen and oxygen atoms in total. The minimum Gasteiger partial charge on any atom is -0.508 e. The highest BCUT2D eigenvalue weighted by atomic mass is 16.3. The summed E-state index contributed by atoms with van der Waals surface area (Å²) in [6.45, 7) is 0. The van der Waals surface area contributed by atoms with E-state index in [1.54, 1.807) is 6.07 Å². The van der Waals surface area contributed by atoms with Crippen LogP contribution < -0.4 is 0 Å². The summed E-state index contributed by atoms with van der Waals surface area (Å²) in [5, 5.41) is 9.33. The molecular weight excluding hydrogens is 160 g/mol. The van der Waals surface area contributed by atoms with Crippen molar-refractivity contribution in [1.29, 1.82) is 0 Å². The van der Waals surface area contributed by atoms with Gasteiger partial charge in [0.15, 0.2) is 0 Å². The predicted molar refractivity (Wildman–Crippen MR) is 51.7 cm³/mol. The molecule has 0 spiro atoms. The van der Waals surface area contributed by atoms with Crippen molar-refractivity contribution in [1.82, 2.24) is 0 Å². The number of hydrogen-bond donors (Lipinski definition) is 1. The van der Waals surface area contributed by atoms with Gasteiger partial charge in [-0.05, 0) is 54.7 Å². The van der Waals surface area contributed by atoms with Crippen LogP contribution in [0.5, 0.6) is 5.75 Å². The Labute approximate surface area is 78.4 Å². The molecule has 2 aliphatic rings. The van der Waals surface area contributed by atoms with E-state index in [-0.39, 0.29) is 0 Å². The molecule has 0 heterocycles. The minimum atomic E-state index is 0.416. The molecule has 2 atom stereocenters. The van der Waals surface area contributed by atoms with Crippen molar-refractivity contribution in [3.8, 4) is 5.75 Å². The summed E-state index contributed by atoms with van der Waals surface area (Å²) < 4.78 is 0. The molecule has 1 aromatic carbocycles. The van der Waals surface area contributed by atoms with Crippen LogP contribution in [0.2, 0.25) is 0 Å². The van der Waals surface area contributed by atoms with Crippen molar-refractivity contribution in [3.63, 3.8) is 0 Å². The Morgan fingerprint density at radius 2 is 2.08 bits per heavy atom. The first-order valence-corrected chi connectivity index (χ1v) is 5.13. The molecule has 1 aromatic rings. The summed E-state index contributed by atoms with van der Waals surface area (Å²) in [5.41, 5.74) is 1.34. The van der Waals surface area contributed by atoms with Crippen LogP contribution in [0.4, 0.5) is 0 Å². The van der Waals surface area contributed by atoms with Crippen LogP contribution in [-0.4, -0.2) is 5.11 Å². The highest BCUT2D eigenvalue weighted by molar-refractivity contribution is 5.33. The largest absolute Gasteiger partial charge is 0.508 e. The molecule has 0 amide bonds. The normalized spacial score (nSPS) is 31.7. The molecule has 2 aliphatic carbocycles. The second-order valence-electron chi connectivity index (χ2n) is 4.44. The van der Waals surface area contributed by atoms with Gasteiger partial charge < -0.3 is 5.11 Å². The fraction of sp³-hybridized carbons (Fsp3) is 0.500. The van der Waals surface area contributed by atoms with Crippen molar-refractivity contribution >= 4 is 0 Å². The quantitative estimate of drug-likeness (QED) is 0.731. The maximum Gasteiger partial charge on any atom is 0.115 e. The standard InChI is InChI=1S/C12H14O/c13-10-3-1-2-9(6-10)12-7-11(12)8-4-5-8/h1-3,6,8,11-13H,4-5,7H2. The Kier molecular flexibility index (Phi) is 1.43. The van der Waals surface area contributed by atoms with E-state index in [2.05, 4.69) is 6.07 Å². The molecule has 0 radical (unpaired) electrons. The molecule has 0 aliphatic heterocycles. The Bertz CT molecular complexity index is 328. The van der Waals surface area contributed by atoms with Crippen LogP contribution in [0.25, 0.3) is 0 Å². The third-order valence-corrected chi connectivity index (χ3v) is 3.37. The zero-order valence-corrected chi connectivity index (χ0v) is 7.61. The third kappa shape index (κ3) is 1.32. The summed E-state index contributed by atoms with van der Waals surface area (Å²) in [6, 6.07) is 7.77. The first-order valence-electron chi connectivity index (χ1n) is 5.13. The van der Waals surface area contributed by atoms with Crippen molar-refractivity contribution < 1.29 is 5.11 Å². The van der Waals surface area contributed by atoms with Crippen molar-refractivity contribution in [3.05, 3.63) is 29.8 Å². The van der Waals surface area contributed by atoms with Gasteiger partial charge in [-0.3, -0.25) is 0 Å². The second kappa shape index (κ2) is 2.50. The Morgan fingerprint density at radius 3 is 2.77 bits per heavy atom. The molecule has 68 valence electrons. The topological polar surface area (TPSA) is 20.2 Å². The Morgan fingerprint density at radius 1 is 1.23 bits per heavy atom. The molecule has 0 saturated heterocycles. The maximum absolute atomic E-state index is 9.33. The molecular formula is C12H14O. The zero-order valence-electron chi connectivity index (χ0n) is 7.61. The van der Waals surface area contributed by atoms with E-state index < -0.39 is 0 Å². The third-order valence-electron chi connectivity index (χ3n) is 3.37. The molecule has 2 fully saturated rings. The van der Waals surface area contributed by atoms with Gasteiger partial charge in [0.2, 0.25) is 0 Å². The number of hydrogen-bond acceptors (Lipinski definition) is 1. The van der Waals surface area contributed by atoms with Gasteiger partial charge >= 0.3 is 0 Å². The summed E-state index contributed by atoms with van der Waals surface area (Å²) in [4.78, 5) is 0. The molecule has 1 N–H and O–H groups in total. The van der Waals surface area contributed by atoms with E-state index in [0.29, 0.717) is 5.75 Å². The first-order chi connectivity index (χ1) is 6.34. The van der Waals surface area contributed by atoms with Crippen LogP contribution in [-0.2, 0) is 0 Å². The van der Waals surface area contributed by atoms with Gasteiger partial charge in [-0.25, -0.2) is 0 Å². The first kappa shape index (κ1) is 7.43. The smallest absolute Gasteiger partial charge is 0.115 e. The Hall–Kier alpha value is -0.980. The summed E-state index contributed by atoms with van der Waals surface area (Å²) in [6.07, 6.45) is 4.24. The average molecular weight is 174 g/mol. The molecule has 2 unspecified atom stereocenters. The second-order valence-corrected chi connectivity index (χ2v) is 4.44. The highest BCUT2D eigenvalue weighted by Crippen LogP contribution is 2.59. The van der Waals surface area contributed by atoms with Gasteiger partial charge in [0.05, 0.1) is 0 Å². The lowest BCUT2D eigenvalue weighted by Crippen LogP contribution is -1.84. The number of phenols is 1. The fourth-order valence-corrected chi connectivity index (χ4v) is 2.40. The van der Waals surface area contributed by atoms with Crippen molar-refractivity contribution in [2.75, 3.05) is 0 Å². The van der Waals surface area contributed by atoms with Gasteiger partial charge in [-0.2, -0.15) is 0 Å². The maximum atomic E-state index is 9.33. The van der Waals surface area contributed by atoms with E-state index in [4.69, 9.17) is 0 Å². The van der Waals surface area contributed by atoms with E-state index in [1.165, 1.54) is 24.8 Å². The molecule has 3 rings (SSSR count). The lowest BCUT2D eigenvalue weighted by Gasteiger charge is -1.99. The van der Waals surface area contributed by atoms with Crippen LogP contribution in [0.3, 0.4) is 0 Å². The van der Waals surface area contributed by atoms with E-state index >= 15 is 0 Å². The van der Waals surface area contributed by atoms with E-state index in [9.17, 15) is 5.11 Å². The van der Waals surface area contributed by atoms with Crippen LogP contribution in [0, 0.1) is 11.8 Å². The van der Waals surface area contributed by atoms with Crippen molar-refractivity contribution in [2.45, 2.75) is 25.2 Å². The van der Waals surface area contributed by atoms with Gasteiger partial charge in [-0.1, -0.05) is 12.1 Å². The molecule has 0 bridgehead atoms. The fourth-order valence-electron chi connectivity index (χ4n) is 2.40. The van der Waals surface area contributed by atoms with Gasteiger partial charge in [0, 0.05) is 0 Å². The number of rotatable bonds is 2. The number of aromatic hydroxyl groups is 1. The minimum absolute atomic E-state index is 0.416. The predicted octanol–water partition coefficient (Wildman–Crippen LogP) is 2.91. The lowest BCUT2D eigenvalue weighted by molar-refractivity contribution is 0.474. The Balaban J connectivity index is 1.78. The lowest BCUT2D eigenvalue weighted by atomic mass is 10.1. The highest BCUT2D eigenvalue weighted by Gasteiger charge is 2.47. The van der Waals surface area contributed by atoms with Crippen LogP contribution in [0.1, 0.15) is 30.7 Å². The summed E-state index contributed by atoms with van der Waals surface area (Å²) >= 11 is 0. The molecule has 0 aromatic heterocycles. The average Bonchev–Trinajstić information content (AvgIpc) is 2.99. The zero-order chi connectivity index (χ0) is 8.84. The molecule has 1 heteroatoms. The van der Waals surface area contributed by atoms with Crippen LogP contribution in [0.15, 0.2) is 24.3 Å². The number of phenolic OH excluding ortho intramolecular Hbond substituents is 1. The summed E-state index contributed by atoms with van der Waals surface area (Å²) in [7, 11) is 0. The molecule has 2 saturated carbocycles. The van der Waals surface area contributed by atoms with E-state index in [0.717, 1.165) is 17.8 Å². The summed E-state index contributed by atoms with van der Waals surface area (Å²) in [5.74, 6) is 3.15. The SMILES string of the molecule is Oc1cccc(C2CC2C2CC2)c1. The monoisotopic (exact) mass is 174 g/mol. The van der Waals surface area contributed by atoms with Gasteiger partial charge in [0.25, 0.3) is 0 Å². The molecule has 13 heavy (non-hydrogen) atoms. The van der Waals surface area contributed by atoms with E-state index in [1.807, 2.05) is 12.1 Å². The van der Waals surface area contributed by atoms with Crippen LogP contribution >= 0.6 is 0 Å². The number of benzene rings is 1. The van der Waals surface area contributed by atoms with Gasteiger partial charge in [0.1, 0.15) is 5.75 Å².